The molecule has 1 aliphatic rings. The summed E-state index contributed by atoms with van der Waals surface area (Å²) in [7, 11) is 1.83. The van der Waals surface area contributed by atoms with Gasteiger partial charge >= 0.3 is 0 Å². The lowest BCUT2D eigenvalue weighted by molar-refractivity contribution is -0.230. The zero-order valence-electron chi connectivity index (χ0n) is 11.9. The van der Waals surface area contributed by atoms with Crippen molar-refractivity contribution >= 4 is 5.91 Å². The van der Waals surface area contributed by atoms with E-state index < -0.39 is 5.79 Å². The Kier molecular flexibility index (Phi) is 7.97. The zero-order valence-corrected chi connectivity index (χ0v) is 11.9. The van der Waals surface area contributed by atoms with E-state index in [0.717, 1.165) is 25.7 Å². The van der Waals surface area contributed by atoms with Crippen LogP contribution in [0.15, 0.2) is 0 Å². The minimum Gasteiger partial charge on any atom is -0.354 e. The van der Waals surface area contributed by atoms with Crippen molar-refractivity contribution in [3.8, 4) is 0 Å². The van der Waals surface area contributed by atoms with Crippen LogP contribution in [0.1, 0.15) is 32.1 Å². The van der Waals surface area contributed by atoms with Gasteiger partial charge in [0.25, 0.3) is 0 Å². The Bertz CT molecular complexity index is 256. The maximum absolute atomic E-state index is 11.4. The largest absolute Gasteiger partial charge is 0.354 e. The molecular weight excluding hydrogens is 246 g/mol. The molecule has 0 aromatic heterocycles. The topological polar surface area (TPSA) is 85.6 Å². The van der Waals surface area contributed by atoms with E-state index in [9.17, 15) is 4.79 Å². The van der Waals surface area contributed by atoms with Crippen molar-refractivity contribution in [1.82, 2.24) is 10.6 Å². The molecule has 0 spiro atoms. The predicted octanol–water partition coefficient (Wildman–Crippen LogP) is -0.0257. The molecule has 0 unspecified atom stereocenters. The molecule has 0 saturated heterocycles. The van der Waals surface area contributed by atoms with Gasteiger partial charge in [-0.2, -0.15) is 0 Å². The van der Waals surface area contributed by atoms with E-state index in [2.05, 4.69) is 10.6 Å². The van der Waals surface area contributed by atoms with E-state index in [4.69, 9.17) is 15.2 Å². The van der Waals surface area contributed by atoms with Gasteiger partial charge in [-0.15, -0.1) is 0 Å². The molecule has 1 fully saturated rings. The van der Waals surface area contributed by atoms with Gasteiger partial charge in [0.1, 0.15) is 0 Å². The molecule has 1 rings (SSSR count). The Hall–Kier alpha value is -0.690. The molecule has 1 amide bonds. The maximum atomic E-state index is 11.4. The van der Waals surface area contributed by atoms with Gasteiger partial charge in [-0.3, -0.25) is 4.79 Å². The summed E-state index contributed by atoms with van der Waals surface area (Å²) in [5.41, 5.74) is 5.46. The third kappa shape index (κ3) is 6.33. The minimum atomic E-state index is -0.463. The Labute approximate surface area is 115 Å². The number of carbonyl (C=O) groups is 1. The van der Waals surface area contributed by atoms with Gasteiger partial charge in [0.05, 0.1) is 13.2 Å². The number of amides is 1. The van der Waals surface area contributed by atoms with Gasteiger partial charge in [0.2, 0.25) is 5.91 Å². The summed E-state index contributed by atoms with van der Waals surface area (Å²) in [5.74, 6) is -0.420. The quantitative estimate of drug-likeness (QED) is 0.384. The highest BCUT2D eigenvalue weighted by Gasteiger charge is 2.35. The number of nitrogens with two attached hydrogens (primary N) is 1. The average molecular weight is 273 g/mol. The maximum Gasteiger partial charge on any atom is 0.221 e. The lowest BCUT2D eigenvalue weighted by atomic mass is 10.2. The lowest BCUT2D eigenvalue weighted by Gasteiger charge is -2.29. The van der Waals surface area contributed by atoms with E-state index >= 15 is 0 Å². The Morgan fingerprint density at radius 1 is 1.21 bits per heavy atom. The number of hydrogen-bond donors (Lipinski definition) is 3. The minimum absolute atomic E-state index is 0.0429. The number of carbonyl (C=O) groups excluding carboxylic acids is 1. The SMILES string of the molecule is CNCCC(=O)NCCOC1(OCCN)CCCC1. The fourth-order valence-corrected chi connectivity index (χ4v) is 2.24. The van der Waals surface area contributed by atoms with Crippen LogP contribution < -0.4 is 16.4 Å². The van der Waals surface area contributed by atoms with E-state index in [1.807, 2.05) is 7.05 Å². The molecule has 6 nitrogen and oxygen atoms in total. The molecule has 6 heteroatoms. The van der Waals surface area contributed by atoms with Gasteiger partial charge < -0.3 is 25.8 Å². The number of ether oxygens (including phenoxy) is 2. The summed E-state index contributed by atoms with van der Waals surface area (Å²) in [4.78, 5) is 11.4. The van der Waals surface area contributed by atoms with Gasteiger partial charge in [0, 0.05) is 38.9 Å². The Balaban J connectivity index is 2.16. The molecular formula is C13H27N3O3. The van der Waals surface area contributed by atoms with Crippen molar-refractivity contribution < 1.29 is 14.3 Å². The standard InChI is InChI=1S/C13H27N3O3/c1-15-8-4-12(17)16-9-11-19-13(18-10-7-14)5-2-3-6-13/h15H,2-11,14H2,1H3,(H,16,17). The smallest absolute Gasteiger partial charge is 0.221 e. The van der Waals surface area contributed by atoms with E-state index in [0.29, 0.717) is 39.3 Å². The summed E-state index contributed by atoms with van der Waals surface area (Å²) in [6, 6.07) is 0. The van der Waals surface area contributed by atoms with Crippen LogP contribution in [0.3, 0.4) is 0 Å². The van der Waals surface area contributed by atoms with Gasteiger partial charge in [-0.25, -0.2) is 0 Å². The lowest BCUT2D eigenvalue weighted by Crippen LogP contribution is -2.38. The molecule has 0 aliphatic heterocycles. The molecule has 0 aromatic rings. The van der Waals surface area contributed by atoms with Crippen molar-refractivity contribution in [2.75, 3.05) is 39.9 Å². The molecule has 0 radical (unpaired) electrons. The summed E-state index contributed by atoms with van der Waals surface area (Å²) in [6.45, 7) is 2.72. The summed E-state index contributed by atoms with van der Waals surface area (Å²) in [6.07, 6.45) is 4.57. The third-order valence-electron chi connectivity index (χ3n) is 3.24. The Morgan fingerprint density at radius 3 is 2.53 bits per heavy atom. The van der Waals surface area contributed by atoms with Crippen molar-refractivity contribution in [3.63, 3.8) is 0 Å². The van der Waals surface area contributed by atoms with E-state index in [1.165, 1.54) is 0 Å². The molecule has 112 valence electrons. The second-order valence-corrected chi connectivity index (χ2v) is 4.81. The third-order valence-corrected chi connectivity index (χ3v) is 3.24. The first-order valence-electron chi connectivity index (χ1n) is 7.12. The van der Waals surface area contributed by atoms with Crippen LogP contribution in [0.4, 0.5) is 0 Å². The highest BCUT2D eigenvalue weighted by atomic mass is 16.7. The summed E-state index contributed by atoms with van der Waals surface area (Å²) in [5, 5.41) is 5.77. The molecule has 0 atom stereocenters. The number of hydrogen-bond acceptors (Lipinski definition) is 5. The second-order valence-electron chi connectivity index (χ2n) is 4.81. The molecule has 0 bridgehead atoms. The normalized spacial score (nSPS) is 17.6. The van der Waals surface area contributed by atoms with Crippen LogP contribution in [-0.4, -0.2) is 51.6 Å². The zero-order chi connectivity index (χ0) is 14.0. The fourth-order valence-electron chi connectivity index (χ4n) is 2.24. The van der Waals surface area contributed by atoms with Crippen molar-refractivity contribution in [2.45, 2.75) is 37.9 Å². The van der Waals surface area contributed by atoms with Crippen molar-refractivity contribution in [2.24, 2.45) is 5.73 Å². The highest BCUT2D eigenvalue weighted by molar-refractivity contribution is 5.75. The van der Waals surface area contributed by atoms with Crippen molar-refractivity contribution in [3.05, 3.63) is 0 Å². The molecule has 1 aliphatic carbocycles. The van der Waals surface area contributed by atoms with Crippen LogP contribution in [-0.2, 0) is 14.3 Å². The molecule has 19 heavy (non-hydrogen) atoms. The van der Waals surface area contributed by atoms with Crippen LogP contribution in [0.25, 0.3) is 0 Å². The number of rotatable bonds is 10. The van der Waals surface area contributed by atoms with Gasteiger partial charge in [-0.1, -0.05) is 0 Å². The molecule has 0 heterocycles. The van der Waals surface area contributed by atoms with Crippen LogP contribution in [0, 0.1) is 0 Å². The van der Waals surface area contributed by atoms with Gasteiger partial charge in [-0.05, 0) is 19.9 Å². The summed E-state index contributed by atoms with van der Waals surface area (Å²) >= 11 is 0. The molecule has 1 saturated carbocycles. The van der Waals surface area contributed by atoms with Gasteiger partial charge in [0.15, 0.2) is 5.79 Å². The van der Waals surface area contributed by atoms with Crippen LogP contribution in [0.2, 0.25) is 0 Å². The summed E-state index contributed by atoms with van der Waals surface area (Å²) < 4.78 is 11.6. The van der Waals surface area contributed by atoms with Crippen LogP contribution >= 0.6 is 0 Å². The van der Waals surface area contributed by atoms with E-state index in [-0.39, 0.29) is 5.91 Å². The fraction of sp³-hybridized carbons (Fsp3) is 0.923. The van der Waals surface area contributed by atoms with Crippen LogP contribution in [0.5, 0.6) is 0 Å². The first-order valence-corrected chi connectivity index (χ1v) is 7.12. The van der Waals surface area contributed by atoms with Crippen molar-refractivity contribution in [1.29, 1.82) is 0 Å². The Morgan fingerprint density at radius 2 is 1.89 bits per heavy atom. The molecule has 0 aromatic carbocycles. The predicted molar refractivity (Wildman–Crippen MR) is 73.7 cm³/mol. The molecule has 4 N–H and O–H groups in total. The van der Waals surface area contributed by atoms with E-state index in [1.54, 1.807) is 0 Å². The first kappa shape index (κ1) is 16.4. The monoisotopic (exact) mass is 273 g/mol. The number of nitrogens with one attached hydrogen (secondary N) is 2. The highest BCUT2D eigenvalue weighted by Crippen LogP contribution is 2.34. The average Bonchev–Trinajstić information content (AvgIpc) is 2.88. The first-order chi connectivity index (χ1) is 9.22. The second kappa shape index (κ2) is 9.25.